The van der Waals surface area contributed by atoms with Crippen LogP contribution in [0.5, 0.6) is 0 Å². The van der Waals surface area contributed by atoms with Gasteiger partial charge in [0.25, 0.3) is 0 Å². The minimum atomic E-state index is 0.0215. The molecule has 2 N–H and O–H groups in total. The van der Waals surface area contributed by atoms with Gasteiger partial charge in [-0.3, -0.25) is 4.98 Å². The third kappa shape index (κ3) is 3.36. The van der Waals surface area contributed by atoms with Crippen molar-refractivity contribution in [3.63, 3.8) is 0 Å². The zero-order valence-electron chi connectivity index (χ0n) is 7.35. The Hall–Kier alpha value is -1.19. The van der Waals surface area contributed by atoms with E-state index in [0.29, 0.717) is 6.42 Å². The van der Waals surface area contributed by atoms with Crippen LogP contribution < -0.4 is 0 Å². The molecule has 70 valence electrons. The van der Waals surface area contributed by atoms with Gasteiger partial charge in [0, 0.05) is 12.8 Å². The number of nitrogens with zero attached hydrogens (tertiary/aromatic N) is 1. The van der Waals surface area contributed by atoms with Crippen LogP contribution in [0, 0.1) is 0 Å². The van der Waals surface area contributed by atoms with Gasteiger partial charge in [0.2, 0.25) is 0 Å². The molecule has 1 aromatic rings. The lowest BCUT2D eigenvalue weighted by molar-refractivity contribution is 0.281. The molecular formula is C10H13NO2. The van der Waals surface area contributed by atoms with E-state index >= 15 is 0 Å². The lowest BCUT2D eigenvalue weighted by Crippen LogP contribution is -1.86. The summed E-state index contributed by atoms with van der Waals surface area (Å²) < 4.78 is 0. The lowest BCUT2D eigenvalue weighted by Gasteiger charge is -1.95. The van der Waals surface area contributed by atoms with E-state index < -0.39 is 0 Å². The van der Waals surface area contributed by atoms with Crippen LogP contribution in [0.1, 0.15) is 17.7 Å². The molecule has 0 atom stereocenters. The average Bonchev–Trinajstić information content (AvgIpc) is 2.19. The minimum absolute atomic E-state index is 0.0215. The molecule has 1 rings (SSSR count). The number of rotatable bonds is 4. The molecule has 0 aliphatic heterocycles. The summed E-state index contributed by atoms with van der Waals surface area (Å²) in [6, 6.07) is 3.66. The Morgan fingerprint density at radius 1 is 1.31 bits per heavy atom. The van der Waals surface area contributed by atoms with Gasteiger partial charge in [-0.25, -0.2) is 0 Å². The van der Waals surface area contributed by atoms with Gasteiger partial charge in [-0.15, -0.1) is 0 Å². The van der Waals surface area contributed by atoms with Crippen molar-refractivity contribution in [3.05, 3.63) is 35.7 Å². The van der Waals surface area contributed by atoms with Crippen molar-refractivity contribution < 1.29 is 10.2 Å². The van der Waals surface area contributed by atoms with Crippen molar-refractivity contribution in [2.75, 3.05) is 6.61 Å². The Morgan fingerprint density at radius 3 is 2.69 bits per heavy atom. The minimum Gasteiger partial charge on any atom is -0.396 e. The predicted octanol–water partition coefficient (Wildman–Crippen LogP) is 0.969. The first-order chi connectivity index (χ1) is 6.36. The van der Waals surface area contributed by atoms with Crippen molar-refractivity contribution in [2.24, 2.45) is 0 Å². The zero-order valence-corrected chi connectivity index (χ0v) is 7.35. The smallest absolute Gasteiger partial charge is 0.0696 e. The summed E-state index contributed by atoms with van der Waals surface area (Å²) >= 11 is 0. The Bertz CT molecular complexity index is 267. The van der Waals surface area contributed by atoms with Crippen LogP contribution in [0.4, 0.5) is 0 Å². The normalized spacial score (nSPS) is 10.9. The summed E-state index contributed by atoms with van der Waals surface area (Å²) in [6.07, 6.45) is 5.99. The first-order valence-corrected chi connectivity index (χ1v) is 4.20. The average molecular weight is 179 g/mol. The zero-order chi connectivity index (χ0) is 9.52. The number of pyridine rings is 1. The van der Waals surface area contributed by atoms with Gasteiger partial charge in [0.05, 0.1) is 12.3 Å². The molecule has 0 amide bonds. The summed E-state index contributed by atoms with van der Waals surface area (Å²) in [5.41, 5.74) is 1.64. The standard InChI is InChI=1S/C10H13NO2/c12-6-2-1-3-10-5-4-9(8-13)7-11-10/h1,3-5,7,12-13H,2,6,8H2. The van der Waals surface area contributed by atoms with E-state index in [1.165, 1.54) is 0 Å². The Kier molecular flexibility index (Phi) is 4.15. The Morgan fingerprint density at radius 2 is 2.15 bits per heavy atom. The second-order valence-corrected chi connectivity index (χ2v) is 2.66. The van der Waals surface area contributed by atoms with E-state index in [0.717, 1.165) is 11.3 Å². The highest BCUT2D eigenvalue weighted by molar-refractivity contribution is 5.44. The molecule has 0 aromatic carbocycles. The van der Waals surface area contributed by atoms with Crippen LogP contribution in [-0.2, 0) is 6.61 Å². The van der Waals surface area contributed by atoms with E-state index in [1.54, 1.807) is 6.20 Å². The van der Waals surface area contributed by atoms with Crippen molar-refractivity contribution in [3.8, 4) is 0 Å². The van der Waals surface area contributed by atoms with Crippen molar-refractivity contribution >= 4 is 6.08 Å². The van der Waals surface area contributed by atoms with Gasteiger partial charge in [0.15, 0.2) is 0 Å². The molecule has 3 nitrogen and oxygen atoms in total. The molecule has 13 heavy (non-hydrogen) atoms. The number of aliphatic hydroxyl groups is 2. The molecule has 1 heterocycles. The quantitative estimate of drug-likeness (QED) is 0.724. The van der Waals surface area contributed by atoms with Gasteiger partial charge < -0.3 is 10.2 Å². The fraction of sp³-hybridized carbons (Fsp3) is 0.300. The predicted molar refractivity (Wildman–Crippen MR) is 50.9 cm³/mol. The summed E-state index contributed by atoms with van der Waals surface area (Å²) in [5.74, 6) is 0. The third-order valence-corrected chi connectivity index (χ3v) is 1.61. The fourth-order valence-electron chi connectivity index (χ4n) is 0.907. The van der Waals surface area contributed by atoms with E-state index in [2.05, 4.69) is 4.98 Å². The molecule has 0 fully saturated rings. The maximum atomic E-state index is 8.75. The van der Waals surface area contributed by atoms with Gasteiger partial charge in [-0.2, -0.15) is 0 Å². The van der Waals surface area contributed by atoms with E-state index in [4.69, 9.17) is 10.2 Å². The van der Waals surface area contributed by atoms with Crippen LogP contribution in [0.3, 0.4) is 0 Å². The molecular weight excluding hydrogens is 166 g/mol. The van der Waals surface area contributed by atoms with E-state index in [1.807, 2.05) is 24.3 Å². The first kappa shape index (κ1) is 9.89. The summed E-state index contributed by atoms with van der Waals surface area (Å²) in [7, 11) is 0. The largest absolute Gasteiger partial charge is 0.396 e. The molecule has 0 aliphatic carbocycles. The SMILES string of the molecule is OCCC=Cc1ccc(CO)cn1. The number of aliphatic hydroxyl groups excluding tert-OH is 2. The molecule has 0 aliphatic rings. The van der Waals surface area contributed by atoms with Crippen LogP contribution in [-0.4, -0.2) is 21.8 Å². The van der Waals surface area contributed by atoms with Gasteiger partial charge >= 0.3 is 0 Å². The molecule has 0 radical (unpaired) electrons. The molecule has 1 aromatic heterocycles. The van der Waals surface area contributed by atoms with Crippen molar-refractivity contribution in [1.29, 1.82) is 0 Å². The van der Waals surface area contributed by atoms with Crippen LogP contribution in [0.15, 0.2) is 24.4 Å². The van der Waals surface area contributed by atoms with E-state index in [-0.39, 0.29) is 13.2 Å². The molecule has 0 unspecified atom stereocenters. The molecule has 0 spiro atoms. The van der Waals surface area contributed by atoms with Gasteiger partial charge in [-0.05, 0) is 24.1 Å². The lowest BCUT2D eigenvalue weighted by atomic mass is 10.2. The summed E-state index contributed by atoms with van der Waals surface area (Å²) in [4.78, 5) is 4.09. The maximum Gasteiger partial charge on any atom is 0.0696 e. The van der Waals surface area contributed by atoms with Gasteiger partial charge in [0.1, 0.15) is 0 Å². The Balaban J connectivity index is 2.58. The summed E-state index contributed by atoms with van der Waals surface area (Å²) in [6.45, 7) is 0.179. The fourth-order valence-corrected chi connectivity index (χ4v) is 0.907. The number of hydrogen-bond acceptors (Lipinski definition) is 3. The number of aromatic nitrogens is 1. The molecule has 0 saturated carbocycles. The molecule has 0 bridgehead atoms. The van der Waals surface area contributed by atoms with Crippen LogP contribution in [0.2, 0.25) is 0 Å². The van der Waals surface area contributed by atoms with E-state index in [9.17, 15) is 0 Å². The summed E-state index contributed by atoms with van der Waals surface area (Å²) in [5, 5.41) is 17.3. The van der Waals surface area contributed by atoms with Crippen LogP contribution >= 0.6 is 0 Å². The highest BCUT2D eigenvalue weighted by Crippen LogP contribution is 2.02. The topological polar surface area (TPSA) is 53.4 Å². The maximum absolute atomic E-state index is 8.75. The first-order valence-electron chi connectivity index (χ1n) is 4.20. The Labute approximate surface area is 77.4 Å². The second kappa shape index (κ2) is 5.45. The van der Waals surface area contributed by atoms with Gasteiger partial charge in [-0.1, -0.05) is 12.1 Å². The van der Waals surface area contributed by atoms with Crippen molar-refractivity contribution in [1.82, 2.24) is 4.98 Å². The van der Waals surface area contributed by atoms with Crippen LogP contribution in [0.25, 0.3) is 6.08 Å². The number of hydrogen-bond donors (Lipinski definition) is 2. The van der Waals surface area contributed by atoms with Crippen molar-refractivity contribution in [2.45, 2.75) is 13.0 Å². The highest BCUT2D eigenvalue weighted by Gasteiger charge is 1.90. The third-order valence-electron chi connectivity index (χ3n) is 1.61. The highest BCUT2D eigenvalue weighted by atomic mass is 16.3. The molecule has 0 saturated heterocycles. The monoisotopic (exact) mass is 179 g/mol. The molecule has 3 heteroatoms. The second-order valence-electron chi connectivity index (χ2n) is 2.66.